The van der Waals surface area contributed by atoms with Crippen LogP contribution in [0.3, 0.4) is 0 Å². The Hall–Kier alpha value is -1.76. The second-order valence-electron chi connectivity index (χ2n) is 5.78. The molecule has 1 N–H and O–H groups in total. The number of aromatic nitrogens is 3. The van der Waals surface area contributed by atoms with Gasteiger partial charge in [0.1, 0.15) is 0 Å². The molecular formula is C16H22N4O2S. The van der Waals surface area contributed by atoms with Crippen molar-refractivity contribution in [1.29, 1.82) is 0 Å². The topological polar surface area (TPSA) is 73.0 Å². The maximum Gasteiger partial charge on any atom is 0.233 e. The van der Waals surface area contributed by atoms with Crippen LogP contribution in [0.25, 0.3) is 11.6 Å². The smallest absolute Gasteiger partial charge is 0.233 e. The number of rotatable bonds is 6. The first-order valence-corrected chi connectivity index (χ1v) is 9.01. The molecule has 0 bridgehead atoms. The number of carbonyl (C=O) groups is 1. The van der Waals surface area contributed by atoms with Gasteiger partial charge in [0.2, 0.25) is 5.91 Å². The average molecular weight is 334 g/mol. The molecule has 0 aliphatic heterocycles. The molecule has 0 aromatic carbocycles. The Bertz CT molecular complexity index is 647. The minimum Gasteiger partial charge on any atom is -0.461 e. The zero-order valence-corrected chi connectivity index (χ0v) is 14.3. The fourth-order valence-electron chi connectivity index (χ4n) is 2.85. The molecule has 1 saturated carbocycles. The summed E-state index contributed by atoms with van der Waals surface area (Å²) in [6.45, 7) is 4.67. The Morgan fingerprint density at radius 2 is 2.26 bits per heavy atom. The van der Waals surface area contributed by atoms with E-state index in [0.29, 0.717) is 17.6 Å². The normalized spacial score (nSPS) is 16.6. The van der Waals surface area contributed by atoms with E-state index in [1.165, 1.54) is 24.6 Å². The molecule has 23 heavy (non-hydrogen) atoms. The highest BCUT2D eigenvalue weighted by Gasteiger charge is 2.24. The molecule has 1 atom stereocenters. The summed E-state index contributed by atoms with van der Waals surface area (Å²) in [5.74, 6) is 1.46. The van der Waals surface area contributed by atoms with E-state index < -0.39 is 0 Å². The van der Waals surface area contributed by atoms with Crippen LogP contribution in [0.5, 0.6) is 0 Å². The SMILES string of the molecule is CCn1c(SC(C)C(=O)NC2CCCC2)nnc1-c1ccco1. The lowest BCUT2D eigenvalue weighted by atomic mass is 10.2. The van der Waals surface area contributed by atoms with Crippen LogP contribution < -0.4 is 5.32 Å². The van der Waals surface area contributed by atoms with Crippen LogP contribution in [0.15, 0.2) is 28.0 Å². The minimum atomic E-state index is -0.199. The largest absolute Gasteiger partial charge is 0.461 e. The number of hydrogen-bond donors (Lipinski definition) is 1. The predicted molar refractivity (Wildman–Crippen MR) is 89.1 cm³/mol. The van der Waals surface area contributed by atoms with Crippen molar-refractivity contribution in [2.75, 3.05) is 0 Å². The molecule has 1 amide bonds. The highest BCUT2D eigenvalue weighted by molar-refractivity contribution is 8.00. The first kappa shape index (κ1) is 16.1. The zero-order chi connectivity index (χ0) is 16.2. The molecule has 3 rings (SSSR count). The molecule has 2 aromatic heterocycles. The van der Waals surface area contributed by atoms with Crippen molar-refractivity contribution < 1.29 is 9.21 Å². The van der Waals surface area contributed by atoms with Crippen molar-refractivity contribution in [1.82, 2.24) is 20.1 Å². The Kier molecular flexibility index (Phi) is 5.05. The lowest BCUT2D eigenvalue weighted by Crippen LogP contribution is -2.37. The van der Waals surface area contributed by atoms with Crippen molar-refractivity contribution >= 4 is 17.7 Å². The van der Waals surface area contributed by atoms with Crippen molar-refractivity contribution in [3.05, 3.63) is 18.4 Å². The van der Waals surface area contributed by atoms with Gasteiger partial charge < -0.3 is 9.73 Å². The van der Waals surface area contributed by atoms with Gasteiger partial charge in [-0.2, -0.15) is 0 Å². The zero-order valence-electron chi connectivity index (χ0n) is 13.5. The molecule has 0 spiro atoms. The lowest BCUT2D eigenvalue weighted by Gasteiger charge is -2.16. The number of carbonyl (C=O) groups excluding carboxylic acids is 1. The van der Waals surface area contributed by atoms with E-state index in [1.54, 1.807) is 6.26 Å². The third kappa shape index (κ3) is 3.60. The summed E-state index contributed by atoms with van der Waals surface area (Å²) in [7, 11) is 0. The molecule has 124 valence electrons. The molecule has 1 unspecified atom stereocenters. The molecule has 0 radical (unpaired) electrons. The number of nitrogens with zero attached hydrogens (tertiary/aromatic N) is 3. The molecule has 6 nitrogen and oxygen atoms in total. The summed E-state index contributed by atoms with van der Waals surface area (Å²) in [6, 6.07) is 4.03. The third-order valence-corrected chi connectivity index (χ3v) is 5.21. The maximum atomic E-state index is 12.3. The molecule has 2 heterocycles. The number of amides is 1. The van der Waals surface area contributed by atoms with Crippen molar-refractivity contribution in [2.24, 2.45) is 0 Å². The van der Waals surface area contributed by atoms with Gasteiger partial charge in [-0.15, -0.1) is 10.2 Å². The van der Waals surface area contributed by atoms with Gasteiger partial charge in [0.25, 0.3) is 0 Å². The summed E-state index contributed by atoms with van der Waals surface area (Å²) < 4.78 is 7.38. The third-order valence-electron chi connectivity index (χ3n) is 4.13. The number of nitrogens with one attached hydrogen (secondary N) is 1. The second-order valence-corrected chi connectivity index (χ2v) is 7.09. The molecule has 1 fully saturated rings. The molecular weight excluding hydrogens is 312 g/mol. The molecule has 2 aromatic rings. The van der Waals surface area contributed by atoms with Gasteiger partial charge in [0.05, 0.1) is 11.5 Å². The Labute approximate surface area is 140 Å². The van der Waals surface area contributed by atoms with Crippen LogP contribution >= 0.6 is 11.8 Å². The second kappa shape index (κ2) is 7.21. The van der Waals surface area contributed by atoms with Crippen LogP contribution in [-0.2, 0) is 11.3 Å². The van der Waals surface area contributed by atoms with E-state index in [1.807, 2.05) is 30.5 Å². The van der Waals surface area contributed by atoms with Crippen molar-refractivity contribution in [3.63, 3.8) is 0 Å². The Morgan fingerprint density at radius 1 is 1.48 bits per heavy atom. The minimum absolute atomic E-state index is 0.0760. The van der Waals surface area contributed by atoms with Gasteiger partial charge in [-0.25, -0.2) is 0 Å². The fourth-order valence-corrected chi connectivity index (χ4v) is 3.77. The number of furan rings is 1. The van der Waals surface area contributed by atoms with Crippen molar-refractivity contribution in [3.8, 4) is 11.6 Å². The van der Waals surface area contributed by atoms with Crippen LogP contribution in [0.2, 0.25) is 0 Å². The first-order chi connectivity index (χ1) is 11.2. The van der Waals surface area contributed by atoms with E-state index in [4.69, 9.17) is 4.42 Å². The van der Waals surface area contributed by atoms with E-state index >= 15 is 0 Å². The first-order valence-electron chi connectivity index (χ1n) is 8.13. The van der Waals surface area contributed by atoms with Crippen molar-refractivity contribution in [2.45, 2.75) is 62.5 Å². The van der Waals surface area contributed by atoms with Crippen LogP contribution in [0, 0.1) is 0 Å². The highest BCUT2D eigenvalue weighted by Crippen LogP contribution is 2.27. The number of thioether (sulfide) groups is 1. The van der Waals surface area contributed by atoms with Gasteiger partial charge in [0, 0.05) is 12.6 Å². The summed E-state index contributed by atoms with van der Waals surface area (Å²) in [4.78, 5) is 12.3. The monoisotopic (exact) mass is 334 g/mol. The lowest BCUT2D eigenvalue weighted by molar-refractivity contribution is -0.120. The standard InChI is InChI=1S/C16H22N4O2S/c1-3-20-14(13-9-6-10-22-13)18-19-16(20)23-11(2)15(21)17-12-7-4-5-8-12/h6,9-12H,3-5,7-8H2,1-2H3,(H,17,21). The summed E-state index contributed by atoms with van der Waals surface area (Å²) in [5.41, 5.74) is 0. The summed E-state index contributed by atoms with van der Waals surface area (Å²) >= 11 is 1.44. The van der Waals surface area contributed by atoms with Crippen LogP contribution in [0.1, 0.15) is 39.5 Å². The molecule has 0 saturated heterocycles. The van der Waals surface area contributed by atoms with Gasteiger partial charge in [0.15, 0.2) is 16.7 Å². The van der Waals surface area contributed by atoms with Gasteiger partial charge in [-0.05, 0) is 38.8 Å². The van der Waals surface area contributed by atoms with E-state index in [9.17, 15) is 4.79 Å². The Balaban J connectivity index is 1.68. The summed E-state index contributed by atoms with van der Waals surface area (Å²) in [6.07, 6.45) is 6.23. The van der Waals surface area contributed by atoms with Gasteiger partial charge in [-0.3, -0.25) is 9.36 Å². The van der Waals surface area contributed by atoms with Gasteiger partial charge in [-0.1, -0.05) is 24.6 Å². The van der Waals surface area contributed by atoms with Gasteiger partial charge >= 0.3 is 0 Å². The quantitative estimate of drug-likeness (QED) is 0.822. The molecule has 1 aliphatic rings. The number of hydrogen-bond acceptors (Lipinski definition) is 5. The molecule has 1 aliphatic carbocycles. The van der Waals surface area contributed by atoms with Crippen LogP contribution in [-0.4, -0.2) is 32.0 Å². The predicted octanol–water partition coefficient (Wildman–Crippen LogP) is 3.10. The fraction of sp³-hybridized carbons (Fsp3) is 0.562. The molecule has 7 heteroatoms. The Morgan fingerprint density at radius 3 is 2.91 bits per heavy atom. The highest BCUT2D eigenvalue weighted by atomic mass is 32.2. The van der Waals surface area contributed by atoms with E-state index in [-0.39, 0.29) is 11.2 Å². The van der Waals surface area contributed by atoms with E-state index in [0.717, 1.165) is 24.5 Å². The summed E-state index contributed by atoms with van der Waals surface area (Å²) in [5, 5.41) is 12.1. The van der Waals surface area contributed by atoms with E-state index in [2.05, 4.69) is 15.5 Å². The van der Waals surface area contributed by atoms with Crippen LogP contribution in [0.4, 0.5) is 0 Å². The average Bonchev–Trinajstić information content (AvgIpc) is 3.28. The maximum absolute atomic E-state index is 12.3.